The highest BCUT2D eigenvalue weighted by Crippen LogP contribution is 2.32. The van der Waals surface area contributed by atoms with Crippen molar-refractivity contribution in [2.24, 2.45) is 5.92 Å². The number of carbonyl (C=O) groups is 1. The molecule has 5 heteroatoms. The van der Waals surface area contributed by atoms with Crippen LogP contribution in [0.25, 0.3) is 0 Å². The molecule has 1 unspecified atom stereocenters. The maximum atomic E-state index is 12.5. The summed E-state index contributed by atoms with van der Waals surface area (Å²) in [6, 6.07) is 5.38. The number of carbonyl (C=O) groups excluding carboxylic acids is 1. The van der Waals surface area contributed by atoms with Gasteiger partial charge in [-0.25, -0.2) is 0 Å². The van der Waals surface area contributed by atoms with Gasteiger partial charge in [0.15, 0.2) is 11.5 Å². The number of fused-ring (bicyclic) bond motifs is 1. The van der Waals surface area contributed by atoms with Crippen LogP contribution in [0.3, 0.4) is 0 Å². The highest BCUT2D eigenvalue weighted by molar-refractivity contribution is 5.94. The van der Waals surface area contributed by atoms with Gasteiger partial charge in [-0.3, -0.25) is 9.69 Å². The summed E-state index contributed by atoms with van der Waals surface area (Å²) in [5.74, 6) is 2.19. The topological polar surface area (TPSA) is 50.8 Å². The summed E-state index contributed by atoms with van der Waals surface area (Å²) in [5, 5.41) is 2.98. The summed E-state index contributed by atoms with van der Waals surface area (Å²) in [7, 11) is 2.03. The number of rotatable bonds is 5. The Hall–Kier alpha value is -1.75. The predicted molar refractivity (Wildman–Crippen MR) is 90.1 cm³/mol. The average Bonchev–Trinajstić information content (AvgIpc) is 3.07. The van der Waals surface area contributed by atoms with Crippen molar-refractivity contribution in [3.8, 4) is 11.5 Å². The molecule has 1 amide bonds. The van der Waals surface area contributed by atoms with E-state index in [1.165, 1.54) is 25.7 Å². The van der Waals surface area contributed by atoms with Gasteiger partial charge in [-0.05, 0) is 44.9 Å². The molecule has 23 heavy (non-hydrogen) atoms. The molecule has 126 valence electrons. The third-order valence-corrected chi connectivity index (χ3v) is 4.87. The molecule has 0 radical (unpaired) electrons. The minimum Gasteiger partial charge on any atom is -0.486 e. The lowest BCUT2D eigenvalue weighted by Gasteiger charge is -2.26. The minimum absolute atomic E-state index is 0.0159. The molecule has 1 aliphatic carbocycles. The summed E-state index contributed by atoms with van der Waals surface area (Å²) in [5.41, 5.74) is 0.750. The molecule has 1 N–H and O–H groups in total. The van der Waals surface area contributed by atoms with Gasteiger partial charge in [0.2, 0.25) is 5.91 Å². The molecule has 1 heterocycles. The van der Waals surface area contributed by atoms with Crippen molar-refractivity contribution in [3.63, 3.8) is 0 Å². The lowest BCUT2D eigenvalue weighted by molar-refractivity contribution is -0.120. The zero-order chi connectivity index (χ0) is 16.2. The normalized spacial score (nSPS) is 18.9. The van der Waals surface area contributed by atoms with E-state index in [0.717, 1.165) is 23.9 Å². The first-order valence-corrected chi connectivity index (χ1v) is 8.54. The Morgan fingerprint density at radius 3 is 2.70 bits per heavy atom. The lowest BCUT2D eigenvalue weighted by Crippen LogP contribution is -2.41. The molecule has 3 rings (SSSR count). The zero-order valence-corrected chi connectivity index (χ0v) is 14.0. The fraction of sp³-hybridized carbons (Fsp3) is 0.611. The highest BCUT2D eigenvalue weighted by Gasteiger charge is 2.23. The van der Waals surface area contributed by atoms with E-state index in [2.05, 4.69) is 10.2 Å². The van der Waals surface area contributed by atoms with Crippen molar-refractivity contribution in [1.82, 2.24) is 4.90 Å². The van der Waals surface area contributed by atoms with E-state index in [1.807, 2.05) is 32.2 Å². The number of hydrogen-bond acceptors (Lipinski definition) is 4. The summed E-state index contributed by atoms with van der Waals surface area (Å²) in [6.07, 6.45) is 5.24. The van der Waals surface area contributed by atoms with Gasteiger partial charge in [0, 0.05) is 18.3 Å². The van der Waals surface area contributed by atoms with Gasteiger partial charge in [-0.2, -0.15) is 0 Å². The number of hydrogen-bond donors (Lipinski definition) is 1. The van der Waals surface area contributed by atoms with Gasteiger partial charge in [0.25, 0.3) is 0 Å². The molecule has 1 aromatic rings. The molecule has 0 bridgehead atoms. The van der Waals surface area contributed by atoms with E-state index in [1.54, 1.807) is 0 Å². The Balaban J connectivity index is 1.57. The third kappa shape index (κ3) is 3.96. The highest BCUT2D eigenvalue weighted by atomic mass is 16.6. The van der Waals surface area contributed by atoms with Crippen LogP contribution in [-0.4, -0.2) is 43.7 Å². The largest absolute Gasteiger partial charge is 0.486 e. The molecular weight excluding hydrogens is 292 g/mol. The summed E-state index contributed by atoms with van der Waals surface area (Å²) >= 11 is 0. The van der Waals surface area contributed by atoms with Crippen LogP contribution in [0, 0.1) is 5.92 Å². The van der Waals surface area contributed by atoms with Gasteiger partial charge >= 0.3 is 0 Å². The Labute approximate surface area is 137 Å². The van der Waals surface area contributed by atoms with Crippen LogP contribution >= 0.6 is 0 Å². The summed E-state index contributed by atoms with van der Waals surface area (Å²) in [4.78, 5) is 14.6. The molecule has 0 aromatic heterocycles. The predicted octanol–water partition coefficient (Wildman–Crippen LogP) is 2.91. The van der Waals surface area contributed by atoms with E-state index in [-0.39, 0.29) is 11.9 Å². The van der Waals surface area contributed by atoms with Crippen LogP contribution in [0.2, 0.25) is 0 Å². The van der Waals surface area contributed by atoms with Crippen LogP contribution in [0.1, 0.15) is 32.6 Å². The number of nitrogens with zero attached hydrogens (tertiary/aromatic N) is 1. The second-order valence-corrected chi connectivity index (χ2v) is 6.61. The van der Waals surface area contributed by atoms with Gasteiger partial charge in [0.1, 0.15) is 13.2 Å². The van der Waals surface area contributed by atoms with Crippen molar-refractivity contribution < 1.29 is 14.3 Å². The summed E-state index contributed by atoms with van der Waals surface area (Å²) in [6.45, 7) is 4.07. The number of likely N-dealkylation sites (N-methyl/N-ethyl adjacent to an activating group) is 1. The second kappa shape index (κ2) is 7.21. The molecular formula is C18H26N2O3. The van der Waals surface area contributed by atoms with Crippen molar-refractivity contribution in [1.29, 1.82) is 0 Å². The van der Waals surface area contributed by atoms with Crippen LogP contribution in [0.5, 0.6) is 11.5 Å². The minimum atomic E-state index is -0.149. The number of anilines is 1. The quantitative estimate of drug-likeness (QED) is 0.907. The van der Waals surface area contributed by atoms with Crippen molar-refractivity contribution in [2.75, 3.05) is 32.1 Å². The van der Waals surface area contributed by atoms with Crippen molar-refractivity contribution in [2.45, 2.75) is 38.6 Å². The molecule has 5 nitrogen and oxygen atoms in total. The van der Waals surface area contributed by atoms with Gasteiger partial charge < -0.3 is 14.8 Å². The fourth-order valence-corrected chi connectivity index (χ4v) is 3.33. The standard InChI is InChI=1S/C18H26N2O3/c1-13(20(2)12-14-5-3-4-6-14)18(21)19-15-7-8-16-17(11-15)23-10-9-22-16/h7-8,11,13-14H,3-6,9-10,12H2,1-2H3,(H,19,21). The van der Waals surface area contributed by atoms with E-state index >= 15 is 0 Å². The van der Waals surface area contributed by atoms with E-state index < -0.39 is 0 Å². The molecule has 1 aliphatic heterocycles. The first-order valence-electron chi connectivity index (χ1n) is 8.54. The van der Waals surface area contributed by atoms with E-state index in [9.17, 15) is 4.79 Å². The smallest absolute Gasteiger partial charge is 0.241 e. The van der Waals surface area contributed by atoms with Crippen LogP contribution < -0.4 is 14.8 Å². The van der Waals surface area contributed by atoms with Gasteiger partial charge in [-0.1, -0.05) is 12.8 Å². The monoisotopic (exact) mass is 318 g/mol. The molecule has 0 saturated heterocycles. The fourth-order valence-electron chi connectivity index (χ4n) is 3.33. The Bertz CT molecular complexity index is 555. The molecule has 2 aliphatic rings. The van der Waals surface area contributed by atoms with E-state index in [4.69, 9.17) is 9.47 Å². The molecule has 1 aromatic carbocycles. The lowest BCUT2D eigenvalue weighted by atomic mass is 10.1. The second-order valence-electron chi connectivity index (χ2n) is 6.61. The van der Waals surface area contributed by atoms with Crippen molar-refractivity contribution >= 4 is 11.6 Å². The van der Waals surface area contributed by atoms with Crippen LogP contribution in [-0.2, 0) is 4.79 Å². The molecule has 1 saturated carbocycles. The number of ether oxygens (including phenoxy) is 2. The van der Waals surface area contributed by atoms with Crippen LogP contribution in [0.15, 0.2) is 18.2 Å². The number of nitrogens with one attached hydrogen (secondary N) is 1. The zero-order valence-electron chi connectivity index (χ0n) is 14.0. The molecule has 1 atom stereocenters. The molecule has 1 fully saturated rings. The SMILES string of the molecule is CC(C(=O)Nc1ccc2c(c1)OCCO2)N(C)CC1CCCC1. The number of amides is 1. The van der Waals surface area contributed by atoms with Gasteiger partial charge in [0.05, 0.1) is 6.04 Å². The average molecular weight is 318 g/mol. The molecule has 0 spiro atoms. The van der Waals surface area contributed by atoms with Gasteiger partial charge in [-0.15, -0.1) is 0 Å². The Kier molecular flexibility index (Phi) is 5.06. The first kappa shape index (κ1) is 16.1. The Morgan fingerprint density at radius 1 is 1.26 bits per heavy atom. The maximum Gasteiger partial charge on any atom is 0.241 e. The first-order chi connectivity index (χ1) is 11.1. The maximum absolute atomic E-state index is 12.5. The number of benzene rings is 1. The summed E-state index contributed by atoms with van der Waals surface area (Å²) < 4.78 is 11.1. The van der Waals surface area contributed by atoms with E-state index in [0.29, 0.717) is 19.0 Å². The third-order valence-electron chi connectivity index (χ3n) is 4.87. The van der Waals surface area contributed by atoms with Crippen LogP contribution in [0.4, 0.5) is 5.69 Å². The van der Waals surface area contributed by atoms with Crippen molar-refractivity contribution in [3.05, 3.63) is 18.2 Å². The Morgan fingerprint density at radius 2 is 1.96 bits per heavy atom.